The quantitative estimate of drug-likeness (QED) is 0.341. The van der Waals surface area contributed by atoms with E-state index in [1.165, 1.54) is 0 Å². The maximum Gasteiger partial charge on any atom is 0.264 e. The van der Waals surface area contributed by atoms with E-state index in [1.54, 1.807) is 6.92 Å². The Bertz CT molecular complexity index is 219. The summed E-state index contributed by atoms with van der Waals surface area (Å²) in [5.74, 6) is -1.90. The van der Waals surface area contributed by atoms with Gasteiger partial charge in [-0.25, -0.2) is 0 Å². The van der Waals surface area contributed by atoms with Gasteiger partial charge in [0.1, 0.15) is 0 Å². The minimum Gasteiger partial charge on any atom is -0.290 e. The fourth-order valence-corrected chi connectivity index (χ4v) is 1.14. The van der Waals surface area contributed by atoms with Gasteiger partial charge in [-0.3, -0.25) is 14.4 Å². The van der Waals surface area contributed by atoms with Crippen molar-refractivity contribution in [1.29, 1.82) is 0 Å². The van der Waals surface area contributed by atoms with Crippen LogP contribution < -0.4 is 0 Å². The summed E-state index contributed by atoms with van der Waals surface area (Å²) in [6.07, 6.45) is 4.19. The lowest BCUT2D eigenvalue weighted by Gasteiger charge is -1.98. The van der Waals surface area contributed by atoms with Crippen LogP contribution >= 0.6 is 0 Å². The molecule has 0 radical (unpaired) electrons. The maximum atomic E-state index is 11.1. The molecule has 0 bridgehead atoms. The van der Waals surface area contributed by atoms with E-state index in [0.29, 0.717) is 0 Å². The van der Waals surface area contributed by atoms with Crippen LogP contribution in [0.2, 0.25) is 0 Å². The number of hydrogen-bond donors (Lipinski definition) is 0. The molecule has 0 aliphatic heterocycles. The summed E-state index contributed by atoms with van der Waals surface area (Å²) in [7, 11) is 0. The van der Waals surface area contributed by atoms with Crippen LogP contribution in [0.5, 0.6) is 0 Å². The van der Waals surface area contributed by atoms with Gasteiger partial charge in [-0.05, 0) is 6.42 Å². The molecule has 0 fully saturated rings. The topological polar surface area (TPSA) is 51.2 Å². The highest BCUT2D eigenvalue weighted by Gasteiger charge is 2.19. The zero-order valence-corrected chi connectivity index (χ0v) is 8.97. The van der Waals surface area contributed by atoms with Crippen molar-refractivity contribution in [3.05, 3.63) is 0 Å². The minimum absolute atomic E-state index is 0.125. The van der Waals surface area contributed by atoms with Crippen LogP contribution in [-0.2, 0) is 14.4 Å². The molecule has 0 spiro atoms. The molecule has 0 aliphatic rings. The zero-order valence-electron chi connectivity index (χ0n) is 8.97. The molecule has 0 saturated carbocycles. The molecule has 0 aromatic heterocycles. The molecule has 0 heterocycles. The zero-order chi connectivity index (χ0) is 11.0. The number of rotatable bonds is 8. The molecule has 0 saturated heterocycles. The molecule has 3 heteroatoms. The second-order valence-electron chi connectivity index (χ2n) is 3.34. The van der Waals surface area contributed by atoms with Crippen LogP contribution in [0.15, 0.2) is 0 Å². The minimum atomic E-state index is -0.816. The molecule has 0 atom stereocenters. The van der Waals surface area contributed by atoms with E-state index in [2.05, 4.69) is 6.92 Å². The third-order valence-corrected chi connectivity index (χ3v) is 2.09. The summed E-state index contributed by atoms with van der Waals surface area (Å²) in [6, 6.07) is 0. The smallest absolute Gasteiger partial charge is 0.264 e. The van der Waals surface area contributed by atoms with Crippen molar-refractivity contribution in [2.24, 2.45) is 0 Å². The molecule has 0 aliphatic carbocycles. The first kappa shape index (κ1) is 13.0. The Morgan fingerprint density at radius 2 is 1.50 bits per heavy atom. The van der Waals surface area contributed by atoms with Crippen molar-refractivity contribution in [2.45, 2.75) is 52.4 Å². The third kappa shape index (κ3) is 4.90. The van der Waals surface area contributed by atoms with E-state index >= 15 is 0 Å². The van der Waals surface area contributed by atoms with E-state index in [9.17, 15) is 14.4 Å². The summed E-state index contributed by atoms with van der Waals surface area (Å²) in [5, 5.41) is 0. The predicted octanol–water partition coefficient (Wildman–Crippen LogP) is 2.07. The number of unbranched alkanes of at least 4 members (excludes halogenated alkanes) is 3. The number of ketones is 3. The first-order valence-electron chi connectivity index (χ1n) is 5.23. The second kappa shape index (κ2) is 7.42. The monoisotopic (exact) mass is 198 g/mol. The van der Waals surface area contributed by atoms with Gasteiger partial charge in [0.25, 0.3) is 5.78 Å². The molecule has 0 amide bonds. The molecule has 0 aromatic rings. The Morgan fingerprint density at radius 1 is 0.857 bits per heavy atom. The first-order valence-corrected chi connectivity index (χ1v) is 5.23. The summed E-state index contributed by atoms with van der Waals surface area (Å²) in [6.45, 7) is 3.66. The van der Waals surface area contributed by atoms with Gasteiger partial charge in [0, 0.05) is 12.8 Å². The molecule has 0 aromatic carbocycles. The molecular weight excluding hydrogens is 180 g/mol. The molecule has 3 nitrogen and oxygen atoms in total. The molecular formula is C11H18O3. The van der Waals surface area contributed by atoms with Crippen molar-refractivity contribution in [2.75, 3.05) is 0 Å². The van der Waals surface area contributed by atoms with Crippen molar-refractivity contribution >= 4 is 17.3 Å². The maximum absolute atomic E-state index is 11.1. The van der Waals surface area contributed by atoms with Gasteiger partial charge in [-0.15, -0.1) is 0 Å². The van der Waals surface area contributed by atoms with Gasteiger partial charge >= 0.3 is 0 Å². The number of carbonyl (C=O) groups excluding carboxylic acids is 3. The Balaban J connectivity index is 3.74. The summed E-state index contributed by atoms with van der Waals surface area (Å²) in [4.78, 5) is 33.0. The van der Waals surface area contributed by atoms with Gasteiger partial charge in [-0.2, -0.15) is 0 Å². The number of carbonyl (C=O) groups is 3. The van der Waals surface area contributed by atoms with Crippen molar-refractivity contribution in [3.8, 4) is 0 Å². The van der Waals surface area contributed by atoms with E-state index in [4.69, 9.17) is 0 Å². The Hall–Kier alpha value is -0.990. The summed E-state index contributed by atoms with van der Waals surface area (Å²) in [5.41, 5.74) is 0. The predicted molar refractivity (Wildman–Crippen MR) is 54.1 cm³/mol. The Morgan fingerprint density at radius 3 is 2.00 bits per heavy atom. The number of hydrogen-bond acceptors (Lipinski definition) is 3. The SMILES string of the molecule is CCCCCCC(=O)C(=O)C(=O)CC. The lowest BCUT2D eigenvalue weighted by molar-refractivity contribution is -0.143. The van der Waals surface area contributed by atoms with Gasteiger partial charge in [0.2, 0.25) is 11.6 Å². The van der Waals surface area contributed by atoms with Crippen LogP contribution in [0, 0.1) is 0 Å². The normalized spacial score (nSPS) is 9.86. The van der Waals surface area contributed by atoms with Crippen LogP contribution in [0.4, 0.5) is 0 Å². The van der Waals surface area contributed by atoms with Crippen LogP contribution in [0.25, 0.3) is 0 Å². The highest BCUT2D eigenvalue weighted by atomic mass is 16.2. The van der Waals surface area contributed by atoms with E-state index in [1.807, 2.05) is 0 Å². The van der Waals surface area contributed by atoms with Gasteiger partial charge < -0.3 is 0 Å². The second-order valence-corrected chi connectivity index (χ2v) is 3.34. The fourth-order valence-electron chi connectivity index (χ4n) is 1.14. The van der Waals surface area contributed by atoms with E-state index in [0.717, 1.165) is 25.7 Å². The Labute approximate surface area is 84.9 Å². The molecule has 0 unspecified atom stereocenters. The highest BCUT2D eigenvalue weighted by molar-refractivity contribution is 6.63. The average molecular weight is 198 g/mol. The molecule has 14 heavy (non-hydrogen) atoms. The lowest BCUT2D eigenvalue weighted by atomic mass is 10.0. The molecule has 0 N–H and O–H groups in total. The van der Waals surface area contributed by atoms with Crippen molar-refractivity contribution in [3.63, 3.8) is 0 Å². The van der Waals surface area contributed by atoms with Gasteiger partial charge in [0.05, 0.1) is 0 Å². The summed E-state index contributed by atoms with van der Waals surface area (Å²) >= 11 is 0. The van der Waals surface area contributed by atoms with Crippen molar-refractivity contribution < 1.29 is 14.4 Å². The van der Waals surface area contributed by atoms with Crippen LogP contribution in [0.1, 0.15) is 52.4 Å². The van der Waals surface area contributed by atoms with Crippen LogP contribution in [-0.4, -0.2) is 17.3 Å². The average Bonchev–Trinajstić information content (AvgIpc) is 2.21. The summed E-state index contributed by atoms with van der Waals surface area (Å²) < 4.78 is 0. The highest BCUT2D eigenvalue weighted by Crippen LogP contribution is 2.03. The third-order valence-electron chi connectivity index (χ3n) is 2.09. The Kier molecular flexibility index (Phi) is 6.89. The van der Waals surface area contributed by atoms with Crippen LogP contribution in [0.3, 0.4) is 0 Å². The first-order chi connectivity index (χ1) is 6.63. The van der Waals surface area contributed by atoms with E-state index < -0.39 is 17.3 Å². The standard InChI is InChI=1S/C11H18O3/c1-3-5-6-7-8-10(13)11(14)9(12)4-2/h3-8H2,1-2H3. The fraction of sp³-hybridized carbons (Fsp3) is 0.727. The van der Waals surface area contributed by atoms with Gasteiger partial charge in [0.15, 0.2) is 0 Å². The lowest BCUT2D eigenvalue weighted by Crippen LogP contribution is -2.22. The largest absolute Gasteiger partial charge is 0.290 e. The van der Waals surface area contributed by atoms with Gasteiger partial charge in [-0.1, -0.05) is 33.1 Å². The van der Waals surface area contributed by atoms with E-state index in [-0.39, 0.29) is 12.8 Å². The number of Topliss-reactive ketones (excluding diaryl/α,β-unsaturated/α-hetero) is 3. The van der Waals surface area contributed by atoms with Crippen molar-refractivity contribution in [1.82, 2.24) is 0 Å². The molecule has 80 valence electrons. The molecule has 0 rings (SSSR count).